The maximum atomic E-state index is 11.0. The predicted octanol–water partition coefficient (Wildman–Crippen LogP) is 1.63. The van der Waals surface area contributed by atoms with Gasteiger partial charge in [-0.2, -0.15) is 0 Å². The zero-order valence-corrected chi connectivity index (χ0v) is 12.6. The van der Waals surface area contributed by atoms with Crippen LogP contribution >= 0.6 is 11.3 Å². The predicted molar refractivity (Wildman–Crippen MR) is 77.1 cm³/mol. The number of thiazole rings is 1. The lowest BCUT2D eigenvalue weighted by Crippen LogP contribution is -2.48. The average Bonchev–Trinajstić information content (AvgIpc) is 2.82. The number of hydrogen-bond acceptors (Lipinski definition) is 6. The number of nitrogens with zero attached hydrogens (tertiary/aromatic N) is 3. The van der Waals surface area contributed by atoms with E-state index in [1.807, 2.05) is 0 Å². The summed E-state index contributed by atoms with van der Waals surface area (Å²) in [7, 11) is 1.62. The zero-order chi connectivity index (χ0) is 13.8. The Morgan fingerprint density at radius 2 is 2.05 bits per heavy atom. The molecule has 0 aliphatic carbocycles. The van der Waals surface area contributed by atoms with E-state index >= 15 is 0 Å². The molecule has 6 heteroatoms. The van der Waals surface area contributed by atoms with E-state index in [1.165, 1.54) is 11.3 Å². The summed E-state index contributed by atoms with van der Waals surface area (Å²) in [4.78, 5) is 21.0. The summed E-state index contributed by atoms with van der Waals surface area (Å²) in [6.45, 7) is 8.88. The van der Waals surface area contributed by atoms with Crippen LogP contribution in [-0.4, -0.2) is 55.5 Å². The van der Waals surface area contributed by atoms with Crippen molar-refractivity contribution in [2.24, 2.45) is 0 Å². The highest BCUT2D eigenvalue weighted by Gasteiger charge is 2.22. The van der Waals surface area contributed by atoms with Crippen molar-refractivity contribution in [2.75, 3.05) is 38.2 Å². The molecule has 0 radical (unpaired) electrons. The Labute approximate surface area is 118 Å². The van der Waals surface area contributed by atoms with Crippen LogP contribution in [0.2, 0.25) is 0 Å². The fraction of sp³-hybridized carbons (Fsp3) is 0.692. The van der Waals surface area contributed by atoms with Crippen LogP contribution in [0.15, 0.2) is 0 Å². The minimum atomic E-state index is 0.399. The molecule has 0 bridgehead atoms. The van der Waals surface area contributed by atoms with E-state index in [1.54, 1.807) is 7.11 Å². The summed E-state index contributed by atoms with van der Waals surface area (Å²) in [6.07, 6.45) is 0.875. The van der Waals surface area contributed by atoms with Crippen LogP contribution < -0.4 is 4.90 Å². The summed E-state index contributed by atoms with van der Waals surface area (Å²) < 4.78 is 5.08. The second-order valence-corrected chi connectivity index (χ2v) is 5.98. The molecule has 2 rings (SSSR count). The van der Waals surface area contributed by atoms with Crippen LogP contribution in [0.3, 0.4) is 0 Å². The number of aldehydes is 1. The zero-order valence-electron chi connectivity index (χ0n) is 11.8. The normalized spacial score (nSPS) is 17.2. The molecular formula is C13H21N3O2S. The lowest BCUT2D eigenvalue weighted by atomic mass is 10.2. The molecule has 1 saturated heterocycles. The van der Waals surface area contributed by atoms with Gasteiger partial charge in [0.05, 0.1) is 17.2 Å². The van der Waals surface area contributed by atoms with E-state index in [2.05, 4.69) is 28.6 Å². The molecule has 1 aliphatic rings. The molecule has 2 heterocycles. The second kappa shape index (κ2) is 6.45. The number of carbonyl (C=O) groups is 1. The van der Waals surface area contributed by atoms with Crippen molar-refractivity contribution in [2.45, 2.75) is 26.5 Å². The van der Waals surface area contributed by atoms with Crippen molar-refractivity contribution in [1.82, 2.24) is 9.88 Å². The molecule has 0 unspecified atom stereocenters. The van der Waals surface area contributed by atoms with E-state index in [0.717, 1.165) is 43.3 Å². The molecular weight excluding hydrogens is 262 g/mol. The molecule has 0 saturated carbocycles. The van der Waals surface area contributed by atoms with Gasteiger partial charge in [0.2, 0.25) is 0 Å². The maximum Gasteiger partial charge on any atom is 0.186 e. The van der Waals surface area contributed by atoms with Crippen LogP contribution in [0.5, 0.6) is 0 Å². The minimum absolute atomic E-state index is 0.399. The molecule has 1 aromatic rings. The molecule has 0 spiro atoms. The van der Waals surface area contributed by atoms with Crippen molar-refractivity contribution in [1.29, 1.82) is 0 Å². The SMILES string of the molecule is COCc1nc(N2CCN(C(C)C)CC2)sc1C=O. The quantitative estimate of drug-likeness (QED) is 0.769. The molecule has 1 aliphatic heterocycles. The third-order valence-corrected chi connectivity index (χ3v) is 4.50. The molecule has 0 N–H and O–H groups in total. The van der Waals surface area contributed by atoms with Crippen molar-refractivity contribution in [3.8, 4) is 0 Å². The highest BCUT2D eigenvalue weighted by molar-refractivity contribution is 7.17. The van der Waals surface area contributed by atoms with Gasteiger partial charge in [-0.25, -0.2) is 4.98 Å². The minimum Gasteiger partial charge on any atom is -0.378 e. The fourth-order valence-electron chi connectivity index (χ4n) is 2.25. The first-order valence-corrected chi connectivity index (χ1v) is 7.40. The Bertz CT molecular complexity index is 426. The molecule has 1 fully saturated rings. The first-order chi connectivity index (χ1) is 9.15. The standard InChI is InChI=1S/C13H21N3O2S/c1-10(2)15-4-6-16(7-5-15)13-14-11(9-18-3)12(8-17)19-13/h8,10H,4-7,9H2,1-3H3. The summed E-state index contributed by atoms with van der Waals surface area (Å²) in [5, 5.41) is 0.942. The van der Waals surface area contributed by atoms with Crippen LogP contribution in [0.1, 0.15) is 29.2 Å². The lowest BCUT2D eigenvalue weighted by molar-refractivity contribution is 0.112. The Kier molecular flexibility index (Phi) is 4.90. The molecule has 19 heavy (non-hydrogen) atoms. The molecule has 5 nitrogen and oxygen atoms in total. The number of carbonyl (C=O) groups excluding carboxylic acids is 1. The van der Waals surface area contributed by atoms with Crippen molar-refractivity contribution < 1.29 is 9.53 Å². The molecule has 106 valence electrons. The van der Waals surface area contributed by atoms with Gasteiger partial charge in [-0.15, -0.1) is 0 Å². The van der Waals surface area contributed by atoms with Crippen LogP contribution in [0.4, 0.5) is 5.13 Å². The molecule has 0 amide bonds. The van der Waals surface area contributed by atoms with Gasteiger partial charge in [-0.1, -0.05) is 11.3 Å². The smallest absolute Gasteiger partial charge is 0.186 e. The van der Waals surface area contributed by atoms with E-state index in [0.29, 0.717) is 17.5 Å². The summed E-state index contributed by atoms with van der Waals surface area (Å²) in [5.74, 6) is 0. The third kappa shape index (κ3) is 3.32. The van der Waals surface area contributed by atoms with Gasteiger partial charge >= 0.3 is 0 Å². The summed E-state index contributed by atoms with van der Waals surface area (Å²) >= 11 is 1.46. The second-order valence-electron chi connectivity index (χ2n) is 4.98. The number of aromatic nitrogens is 1. The molecule has 1 aromatic heterocycles. The largest absolute Gasteiger partial charge is 0.378 e. The first-order valence-electron chi connectivity index (χ1n) is 6.58. The first kappa shape index (κ1) is 14.4. The number of ether oxygens (including phenoxy) is 1. The maximum absolute atomic E-state index is 11.0. The van der Waals surface area contributed by atoms with Crippen molar-refractivity contribution >= 4 is 22.8 Å². The Morgan fingerprint density at radius 3 is 2.58 bits per heavy atom. The van der Waals surface area contributed by atoms with Crippen LogP contribution in [0, 0.1) is 0 Å². The van der Waals surface area contributed by atoms with Gasteiger partial charge in [-0.05, 0) is 13.8 Å². The average molecular weight is 283 g/mol. The lowest BCUT2D eigenvalue weighted by Gasteiger charge is -2.36. The number of rotatable bonds is 5. The number of methoxy groups -OCH3 is 1. The highest BCUT2D eigenvalue weighted by atomic mass is 32.1. The number of hydrogen-bond donors (Lipinski definition) is 0. The van der Waals surface area contributed by atoms with Gasteiger partial charge in [0.1, 0.15) is 0 Å². The summed E-state index contributed by atoms with van der Waals surface area (Å²) in [6, 6.07) is 0.591. The van der Waals surface area contributed by atoms with Crippen molar-refractivity contribution in [3.63, 3.8) is 0 Å². The third-order valence-electron chi connectivity index (χ3n) is 3.42. The van der Waals surface area contributed by atoms with E-state index in [-0.39, 0.29) is 0 Å². The topological polar surface area (TPSA) is 45.7 Å². The molecule has 0 aromatic carbocycles. The van der Waals surface area contributed by atoms with Crippen LogP contribution in [-0.2, 0) is 11.3 Å². The van der Waals surface area contributed by atoms with Gasteiger partial charge in [0.15, 0.2) is 11.4 Å². The van der Waals surface area contributed by atoms with Crippen LogP contribution in [0.25, 0.3) is 0 Å². The number of anilines is 1. The highest BCUT2D eigenvalue weighted by Crippen LogP contribution is 2.26. The Morgan fingerprint density at radius 1 is 1.37 bits per heavy atom. The van der Waals surface area contributed by atoms with Crippen molar-refractivity contribution in [3.05, 3.63) is 10.6 Å². The van der Waals surface area contributed by atoms with E-state index in [9.17, 15) is 4.79 Å². The Hall–Kier alpha value is -0.980. The van der Waals surface area contributed by atoms with Gasteiger partial charge < -0.3 is 9.64 Å². The summed E-state index contributed by atoms with van der Waals surface area (Å²) in [5.41, 5.74) is 0.754. The molecule has 0 atom stereocenters. The van der Waals surface area contributed by atoms with Gasteiger partial charge in [0.25, 0.3) is 0 Å². The van der Waals surface area contributed by atoms with E-state index < -0.39 is 0 Å². The van der Waals surface area contributed by atoms with E-state index in [4.69, 9.17) is 4.74 Å². The number of piperazine rings is 1. The van der Waals surface area contributed by atoms with Gasteiger partial charge in [0, 0.05) is 39.3 Å². The fourth-order valence-corrected chi connectivity index (χ4v) is 3.18. The Balaban J connectivity index is 2.05. The monoisotopic (exact) mass is 283 g/mol. The van der Waals surface area contributed by atoms with Gasteiger partial charge in [-0.3, -0.25) is 9.69 Å².